The zero-order valence-corrected chi connectivity index (χ0v) is 11.9. The SMILES string of the molecule is O=C(Cc1ccccn1)N(CC1CC1)CC1CCCN1. The Morgan fingerprint density at radius 1 is 1.30 bits per heavy atom. The molecule has 20 heavy (non-hydrogen) atoms. The van der Waals surface area contributed by atoms with E-state index in [1.807, 2.05) is 18.2 Å². The number of pyridine rings is 1. The summed E-state index contributed by atoms with van der Waals surface area (Å²) < 4.78 is 0. The average molecular weight is 273 g/mol. The van der Waals surface area contributed by atoms with Crippen LogP contribution in [0.1, 0.15) is 31.4 Å². The van der Waals surface area contributed by atoms with Gasteiger partial charge in [0, 0.05) is 31.0 Å². The van der Waals surface area contributed by atoms with Gasteiger partial charge in [0.15, 0.2) is 0 Å². The zero-order chi connectivity index (χ0) is 13.8. The fourth-order valence-electron chi connectivity index (χ4n) is 2.84. The number of rotatable bonds is 6. The molecular formula is C16H23N3O. The molecule has 1 aromatic heterocycles. The van der Waals surface area contributed by atoms with Crippen molar-refractivity contribution in [3.63, 3.8) is 0 Å². The highest BCUT2D eigenvalue weighted by Gasteiger charge is 2.29. The van der Waals surface area contributed by atoms with Crippen molar-refractivity contribution >= 4 is 5.91 Å². The molecule has 1 atom stereocenters. The number of nitrogens with one attached hydrogen (secondary N) is 1. The molecule has 0 radical (unpaired) electrons. The molecule has 0 bridgehead atoms. The Balaban J connectivity index is 1.59. The minimum absolute atomic E-state index is 0.226. The van der Waals surface area contributed by atoms with Crippen LogP contribution in [0.15, 0.2) is 24.4 Å². The summed E-state index contributed by atoms with van der Waals surface area (Å²) in [5.74, 6) is 0.966. The molecule has 2 heterocycles. The van der Waals surface area contributed by atoms with Gasteiger partial charge in [0.25, 0.3) is 0 Å². The van der Waals surface area contributed by atoms with E-state index in [1.165, 1.54) is 25.7 Å². The van der Waals surface area contributed by atoms with Gasteiger partial charge in [0.05, 0.1) is 6.42 Å². The molecule has 4 heteroatoms. The predicted octanol–water partition coefficient (Wildman–Crippen LogP) is 1.61. The molecule has 1 amide bonds. The lowest BCUT2D eigenvalue weighted by Crippen LogP contribution is -2.42. The van der Waals surface area contributed by atoms with E-state index >= 15 is 0 Å². The number of aromatic nitrogens is 1. The van der Waals surface area contributed by atoms with Crippen LogP contribution >= 0.6 is 0 Å². The summed E-state index contributed by atoms with van der Waals surface area (Å²) in [6.07, 6.45) is 7.18. The largest absolute Gasteiger partial charge is 0.341 e. The van der Waals surface area contributed by atoms with Crippen molar-refractivity contribution in [2.45, 2.75) is 38.1 Å². The number of amides is 1. The van der Waals surface area contributed by atoms with Crippen LogP contribution in [-0.2, 0) is 11.2 Å². The first-order chi connectivity index (χ1) is 9.81. The maximum absolute atomic E-state index is 12.5. The first-order valence-electron chi connectivity index (χ1n) is 7.72. The Morgan fingerprint density at radius 3 is 2.85 bits per heavy atom. The van der Waals surface area contributed by atoms with E-state index in [4.69, 9.17) is 0 Å². The number of carbonyl (C=O) groups is 1. The molecule has 1 unspecified atom stereocenters. The van der Waals surface area contributed by atoms with Gasteiger partial charge in [-0.2, -0.15) is 0 Å². The smallest absolute Gasteiger partial charge is 0.228 e. The molecule has 1 aliphatic carbocycles. The van der Waals surface area contributed by atoms with Crippen LogP contribution < -0.4 is 5.32 Å². The second-order valence-electron chi connectivity index (χ2n) is 6.03. The number of hydrogen-bond donors (Lipinski definition) is 1. The van der Waals surface area contributed by atoms with Gasteiger partial charge in [-0.25, -0.2) is 0 Å². The minimum Gasteiger partial charge on any atom is -0.341 e. The van der Waals surface area contributed by atoms with E-state index in [0.29, 0.717) is 12.5 Å². The van der Waals surface area contributed by atoms with Crippen LogP contribution in [0.3, 0.4) is 0 Å². The van der Waals surface area contributed by atoms with E-state index < -0.39 is 0 Å². The van der Waals surface area contributed by atoms with E-state index in [9.17, 15) is 4.79 Å². The lowest BCUT2D eigenvalue weighted by Gasteiger charge is -2.26. The summed E-state index contributed by atoms with van der Waals surface area (Å²) in [6.45, 7) is 2.89. The number of carbonyl (C=O) groups excluding carboxylic acids is 1. The maximum Gasteiger partial charge on any atom is 0.228 e. The van der Waals surface area contributed by atoms with Gasteiger partial charge in [-0.15, -0.1) is 0 Å². The lowest BCUT2D eigenvalue weighted by molar-refractivity contribution is -0.131. The second kappa shape index (κ2) is 6.35. The molecule has 0 aromatic carbocycles. The molecular weight excluding hydrogens is 250 g/mol. The first-order valence-corrected chi connectivity index (χ1v) is 7.72. The van der Waals surface area contributed by atoms with Gasteiger partial charge in [-0.05, 0) is 50.3 Å². The molecule has 2 aliphatic rings. The molecule has 1 saturated carbocycles. The molecule has 0 spiro atoms. The Hall–Kier alpha value is -1.42. The van der Waals surface area contributed by atoms with Crippen LogP contribution in [-0.4, -0.2) is 41.5 Å². The van der Waals surface area contributed by atoms with Gasteiger partial charge in [0.2, 0.25) is 5.91 Å². The fraction of sp³-hybridized carbons (Fsp3) is 0.625. The lowest BCUT2D eigenvalue weighted by atomic mass is 10.2. The van der Waals surface area contributed by atoms with Crippen LogP contribution in [0.2, 0.25) is 0 Å². The third-order valence-corrected chi connectivity index (χ3v) is 4.19. The Labute approximate surface area is 120 Å². The molecule has 1 N–H and O–H groups in total. The summed E-state index contributed by atoms with van der Waals surface area (Å²) in [7, 11) is 0. The van der Waals surface area contributed by atoms with Crippen LogP contribution in [0.4, 0.5) is 0 Å². The number of nitrogens with zero attached hydrogens (tertiary/aromatic N) is 2. The summed E-state index contributed by atoms with van der Waals surface area (Å²) in [5, 5.41) is 3.49. The fourth-order valence-corrected chi connectivity index (χ4v) is 2.84. The quantitative estimate of drug-likeness (QED) is 0.856. The summed E-state index contributed by atoms with van der Waals surface area (Å²) in [5.41, 5.74) is 0.873. The Kier molecular flexibility index (Phi) is 4.31. The Morgan fingerprint density at radius 2 is 2.20 bits per heavy atom. The molecule has 1 saturated heterocycles. The molecule has 2 fully saturated rings. The van der Waals surface area contributed by atoms with Crippen molar-refractivity contribution in [3.8, 4) is 0 Å². The highest BCUT2D eigenvalue weighted by Crippen LogP contribution is 2.30. The van der Waals surface area contributed by atoms with Gasteiger partial charge in [0.1, 0.15) is 0 Å². The Bertz CT molecular complexity index is 438. The van der Waals surface area contributed by atoms with Crippen LogP contribution in [0.25, 0.3) is 0 Å². The van der Waals surface area contributed by atoms with Crippen molar-refractivity contribution in [1.29, 1.82) is 0 Å². The first kappa shape index (κ1) is 13.6. The summed E-state index contributed by atoms with van der Waals surface area (Å²) in [4.78, 5) is 18.9. The van der Waals surface area contributed by atoms with Crippen molar-refractivity contribution < 1.29 is 4.79 Å². The van der Waals surface area contributed by atoms with Gasteiger partial charge in [-0.3, -0.25) is 9.78 Å². The monoisotopic (exact) mass is 273 g/mol. The molecule has 1 aromatic rings. The van der Waals surface area contributed by atoms with E-state index in [0.717, 1.165) is 31.2 Å². The normalized spacial score (nSPS) is 21.9. The third-order valence-electron chi connectivity index (χ3n) is 4.19. The van der Waals surface area contributed by atoms with E-state index in [2.05, 4.69) is 15.2 Å². The maximum atomic E-state index is 12.5. The van der Waals surface area contributed by atoms with E-state index in [1.54, 1.807) is 6.20 Å². The topological polar surface area (TPSA) is 45.2 Å². The van der Waals surface area contributed by atoms with Gasteiger partial charge in [-0.1, -0.05) is 6.07 Å². The van der Waals surface area contributed by atoms with Crippen LogP contribution in [0.5, 0.6) is 0 Å². The zero-order valence-electron chi connectivity index (χ0n) is 11.9. The summed E-state index contributed by atoms with van der Waals surface area (Å²) in [6, 6.07) is 6.25. The van der Waals surface area contributed by atoms with Crippen LogP contribution in [0, 0.1) is 5.92 Å². The molecule has 4 nitrogen and oxygen atoms in total. The van der Waals surface area contributed by atoms with Crippen molar-refractivity contribution in [1.82, 2.24) is 15.2 Å². The van der Waals surface area contributed by atoms with Gasteiger partial charge >= 0.3 is 0 Å². The molecule has 108 valence electrons. The van der Waals surface area contributed by atoms with Crippen molar-refractivity contribution in [3.05, 3.63) is 30.1 Å². The number of hydrogen-bond acceptors (Lipinski definition) is 3. The van der Waals surface area contributed by atoms with Crippen molar-refractivity contribution in [2.24, 2.45) is 5.92 Å². The average Bonchev–Trinajstić information content (AvgIpc) is 3.13. The highest BCUT2D eigenvalue weighted by atomic mass is 16.2. The highest BCUT2D eigenvalue weighted by molar-refractivity contribution is 5.78. The third kappa shape index (κ3) is 3.79. The molecule has 1 aliphatic heterocycles. The molecule has 3 rings (SSSR count). The predicted molar refractivity (Wildman–Crippen MR) is 78.3 cm³/mol. The minimum atomic E-state index is 0.226. The van der Waals surface area contributed by atoms with Crippen molar-refractivity contribution in [2.75, 3.05) is 19.6 Å². The second-order valence-corrected chi connectivity index (χ2v) is 6.03. The van der Waals surface area contributed by atoms with E-state index in [-0.39, 0.29) is 5.91 Å². The summed E-state index contributed by atoms with van der Waals surface area (Å²) >= 11 is 0. The standard InChI is InChI=1S/C16H23N3O/c20-16(10-14-4-1-2-8-17-14)19(11-13-6-7-13)12-15-5-3-9-18-15/h1-2,4,8,13,15,18H,3,5-7,9-12H2. The van der Waals surface area contributed by atoms with Gasteiger partial charge < -0.3 is 10.2 Å².